The number of hydrogen-bond acceptors (Lipinski definition) is 4. The van der Waals surface area contributed by atoms with Crippen molar-refractivity contribution in [1.82, 2.24) is 10.2 Å². The van der Waals surface area contributed by atoms with Crippen molar-refractivity contribution in [3.05, 3.63) is 41.8 Å². The summed E-state index contributed by atoms with van der Waals surface area (Å²) in [5.74, 6) is -0.563. The van der Waals surface area contributed by atoms with Crippen molar-refractivity contribution in [1.29, 1.82) is 0 Å². The summed E-state index contributed by atoms with van der Waals surface area (Å²) >= 11 is 4.75. The molecule has 2 rings (SSSR count). The number of nitrogens with zero attached hydrogens (tertiary/aromatic N) is 1. The Morgan fingerprint density at radius 2 is 2.16 bits per heavy atom. The highest BCUT2D eigenvalue weighted by atomic mass is 32.2. The number of halogens is 1. The van der Waals surface area contributed by atoms with E-state index in [4.69, 9.17) is 18.0 Å². The Morgan fingerprint density at radius 3 is 2.74 bits per heavy atom. The number of nitrogens with one attached hydrogen (secondary N) is 2. The second-order valence-electron chi connectivity index (χ2n) is 3.58. The van der Waals surface area contributed by atoms with Gasteiger partial charge >= 0.3 is 0 Å². The first-order valence-corrected chi connectivity index (χ1v) is 6.91. The summed E-state index contributed by atoms with van der Waals surface area (Å²) in [6.07, 6.45) is 1.30. The van der Waals surface area contributed by atoms with E-state index in [0.29, 0.717) is 0 Å². The predicted octanol–water partition coefficient (Wildman–Crippen LogP) is 0.984. The Hall–Kier alpha value is -2.00. The van der Waals surface area contributed by atoms with Gasteiger partial charge in [0.15, 0.2) is 5.03 Å². The number of aromatic amines is 1. The largest absolute Gasteiger partial charge is 0.389 e. The van der Waals surface area contributed by atoms with Gasteiger partial charge in [-0.2, -0.15) is 13.5 Å². The third-order valence-electron chi connectivity index (χ3n) is 2.26. The highest BCUT2D eigenvalue weighted by Gasteiger charge is 2.18. The summed E-state index contributed by atoms with van der Waals surface area (Å²) in [6, 6.07) is 4.70. The van der Waals surface area contributed by atoms with Gasteiger partial charge in [0.25, 0.3) is 10.0 Å². The first-order chi connectivity index (χ1) is 8.90. The van der Waals surface area contributed by atoms with E-state index in [0.717, 1.165) is 12.1 Å². The number of benzene rings is 1. The number of rotatable bonds is 4. The van der Waals surface area contributed by atoms with Crippen molar-refractivity contribution in [2.75, 3.05) is 4.72 Å². The molecule has 19 heavy (non-hydrogen) atoms. The van der Waals surface area contributed by atoms with Crippen LogP contribution in [0.3, 0.4) is 0 Å². The zero-order chi connectivity index (χ0) is 14.0. The van der Waals surface area contributed by atoms with Crippen molar-refractivity contribution in [2.24, 2.45) is 5.73 Å². The Morgan fingerprint density at radius 1 is 1.42 bits per heavy atom. The van der Waals surface area contributed by atoms with Gasteiger partial charge in [0, 0.05) is 5.56 Å². The lowest BCUT2D eigenvalue weighted by atomic mass is 10.2. The van der Waals surface area contributed by atoms with Crippen LogP contribution in [0.2, 0.25) is 0 Å². The van der Waals surface area contributed by atoms with Gasteiger partial charge in [0.1, 0.15) is 10.8 Å². The highest BCUT2D eigenvalue weighted by molar-refractivity contribution is 7.92. The number of hydrogen-bond donors (Lipinski definition) is 3. The van der Waals surface area contributed by atoms with Gasteiger partial charge < -0.3 is 5.73 Å². The standard InChI is InChI=1S/C10H9FN4O2S2/c11-6-1-2-8(7(5-6)10(12)18)15-19(16,17)9-3-4-13-14-9/h1-5,15H,(H2,12,18)(H,13,14). The average molecular weight is 300 g/mol. The van der Waals surface area contributed by atoms with Crippen LogP contribution in [-0.4, -0.2) is 23.6 Å². The van der Waals surface area contributed by atoms with Crippen LogP contribution in [-0.2, 0) is 10.0 Å². The molecule has 4 N–H and O–H groups in total. The van der Waals surface area contributed by atoms with Crippen molar-refractivity contribution >= 4 is 32.9 Å². The predicted molar refractivity (Wildman–Crippen MR) is 71.7 cm³/mol. The van der Waals surface area contributed by atoms with Crippen molar-refractivity contribution in [3.8, 4) is 0 Å². The molecule has 9 heteroatoms. The Labute approximate surface area is 113 Å². The van der Waals surface area contributed by atoms with Crippen LogP contribution in [0.4, 0.5) is 10.1 Å². The number of anilines is 1. The molecule has 0 aliphatic rings. The summed E-state index contributed by atoms with van der Waals surface area (Å²) < 4.78 is 39.3. The Balaban J connectivity index is 2.42. The van der Waals surface area contributed by atoms with Gasteiger partial charge in [-0.25, -0.2) is 4.39 Å². The van der Waals surface area contributed by atoms with E-state index in [1.807, 2.05) is 0 Å². The first kappa shape index (κ1) is 13.4. The van der Waals surface area contributed by atoms with E-state index in [1.54, 1.807) is 0 Å². The lowest BCUT2D eigenvalue weighted by Gasteiger charge is -2.10. The number of H-pyrrole nitrogens is 1. The molecule has 0 unspecified atom stereocenters. The monoisotopic (exact) mass is 300 g/mol. The van der Waals surface area contributed by atoms with Gasteiger partial charge in [-0.05, 0) is 24.3 Å². The maximum absolute atomic E-state index is 13.1. The van der Waals surface area contributed by atoms with Crippen LogP contribution in [0.1, 0.15) is 5.56 Å². The lowest BCUT2D eigenvalue weighted by Crippen LogP contribution is -2.18. The van der Waals surface area contributed by atoms with Crippen LogP contribution in [0.5, 0.6) is 0 Å². The van der Waals surface area contributed by atoms with Crippen LogP contribution in [0.15, 0.2) is 35.5 Å². The Bertz CT molecular complexity index is 713. The molecule has 1 aromatic heterocycles. The molecule has 1 aromatic carbocycles. The molecule has 0 aliphatic heterocycles. The zero-order valence-electron chi connectivity index (χ0n) is 9.42. The molecule has 100 valence electrons. The molecule has 0 fully saturated rings. The van der Waals surface area contributed by atoms with Gasteiger partial charge in [-0.1, -0.05) is 12.2 Å². The average Bonchev–Trinajstić information content (AvgIpc) is 2.85. The lowest BCUT2D eigenvalue weighted by molar-refractivity contribution is 0.597. The third kappa shape index (κ3) is 2.88. The number of sulfonamides is 1. The molecule has 0 aliphatic carbocycles. The molecule has 0 bridgehead atoms. The normalized spacial score (nSPS) is 11.2. The topological polar surface area (TPSA) is 101 Å². The van der Waals surface area contributed by atoms with Gasteiger partial charge in [0.05, 0.1) is 11.9 Å². The van der Waals surface area contributed by atoms with Crippen LogP contribution < -0.4 is 10.5 Å². The number of nitrogens with two attached hydrogens (primary N) is 1. The molecule has 0 spiro atoms. The zero-order valence-corrected chi connectivity index (χ0v) is 11.1. The molecule has 0 saturated heterocycles. The van der Waals surface area contributed by atoms with Crippen LogP contribution in [0, 0.1) is 5.82 Å². The van der Waals surface area contributed by atoms with E-state index in [9.17, 15) is 12.8 Å². The Kier molecular flexibility index (Phi) is 3.49. The third-order valence-corrected chi connectivity index (χ3v) is 3.77. The molecule has 1 heterocycles. The van der Waals surface area contributed by atoms with Crippen molar-refractivity contribution in [2.45, 2.75) is 5.03 Å². The number of thiocarbonyl (C=S) groups is 1. The molecule has 0 radical (unpaired) electrons. The minimum Gasteiger partial charge on any atom is -0.389 e. The van der Waals surface area contributed by atoms with E-state index in [1.165, 1.54) is 18.3 Å². The molecule has 6 nitrogen and oxygen atoms in total. The summed E-state index contributed by atoms with van der Waals surface area (Å²) in [7, 11) is -3.84. The van der Waals surface area contributed by atoms with Gasteiger partial charge in [-0.3, -0.25) is 9.82 Å². The maximum Gasteiger partial charge on any atom is 0.278 e. The summed E-state index contributed by atoms with van der Waals surface area (Å²) in [5.41, 5.74) is 5.64. The summed E-state index contributed by atoms with van der Waals surface area (Å²) in [4.78, 5) is -0.109. The van der Waals surface area contributed by atoms with E-state index < -0.39 is 15.8 Å². The fourth-order valence-electron chi connectivity index (χ4n) is 1.40. The second kappa shape index (κ2) is 4.94. The van der Waals surface area contributed by atoms with E-state index in [2.05, 4.69) is 14.9 Å². The molecule has 0 amide bonds. The first-order valence-electron chi connectivity index (χ1n) is 5.02. The fraction of sp³-hybridized carbons (Fsp3) is 0. The number of aromatic nitrogens is 2. The van der Waals surface area contributed by atoms with Crippen LogP contribution in [0.25, 0.3) is 0 Å². The molecular weight excluding hydrogens is 291 g/mol. The van der Waals surface area contributed by atoms with Gasteiger partial charge in [-0.15, -0.1) is 0 Å². The molecule has 0 saturated carbocycles. The summed E-state index contributed by atoms with van der Waals surface area (Å²) in [5, 5.41) is 5.75. The van der Waals surface area contributed by atoms with Gasteiger partial charge in [0.2, 0.25) is 0 Å². The molecular formula is C10H9FN4O2S2. The smallest absolute Gasteiger partial charge is 0.278 e. The van der Waals surface area contributed by atoms with Crippen LogP contribution >= 0.6 is 12.2 Å². The molecule has 0 atom stereocenters. The quantitative estimate of drug-likeness (QED) is 0.731. The highest BCUT2D eigenvalue weighted by Crippen LogP contribution is 2.20. The minimum absolute atomic E-state index is 0.100. The van der Waals surface area contributed by atoms with Crippen molar-refractivity contribution in [3.63, 3.8) is 0 Å². The van der Waals surface area contributed by atoms with Crippen molar-refractivity contribution < 1.29 is 12.8 Å². The SMILES string of the molecule is NC(=S)c1cc(F)ccc1NS(=O)(=O)c1ccn[nH]1. The van der Waals surface area contributed by atoms with E-state index >= 15 is 0 Å². The molecule has 2 aromatic rings. The second-order valence-corrected chi connectivity index (χ2v) is 5.67. The van der Waals surface area contributed by atoms with E-state index in [-0.39, 0.29) is 21.3 Å². The maximum atomic E-state index is 13.1. The summed E-state index contributed by atoms with van der Waals surface area (Å²) in [6.45, 7) is 0. The minimum atomic E-state index is -3.84. The fourth-order valence-corrected chi connectivity index (χ4v) is 2.56.